The summed E-state index contributed by atoms with van der Waals surface area (Å²) in [4.78, 5) is 4.09. The quantitative estimate of drug-likeness (QED) is 0.885. The zero-order valence-corrected chi connectivity index (χ0v) is 12.2. The van der Waals surface area contributed by atoms with Gasteiger partial charge in [0, 0.05) is 31.5 Å². The van der Waals surface area contributed by atoms with Crippen LogP contribution in [0.5, 0.6) is 0 Å². The van der Waals surface area contributed by atoms with Crippen LogP contribution in [0.1, 0.15) is 12.8 Å². The zero-order valence-electron chi connectivity index (χ0n) is 9.73. The molecule has 5 nitrogen and oxygen atoms in total. The number of rotatable bonds is 2. The fourth-order valence-corrected chi connectivity index (χ4v) is 3.20. The van der Waals surface area contributed by atoms with Gasteiger partial charge in [0.25, 0.3) is 0 Å². The largest absolute Gasteiger partial charge is 0.328 e. The topological polar surface area (TPSA) is 76.3 Å². The highest BCUT2D eigenvalue weighted by Crippen LogP contribution is 2.18. The molecule has 18 heavy (non-hydrogen) atoms. The predicted molar refractivity (Wildman–Crippen MR) is 74.7 cm³/mol. The number of sulfonamides is 1. The molecule has 1 aliphatic heterocycles. The van der Waals surface area contributed by atoms with Gasteiger partial charge in [-0.05, 0) is 25.0 Å². The molecule has 1 fully saturated rings. The summed E-state index contributed by atoms with van der Waals surface area (Å²) in [5, 5.41) is 0. The number of pyridine rings is 1. The van der Waals surface area contributed by atoms with Crippen LogP contribution >= 0.6 is 24.8 Å². The summed E-state index contributed by atoms with van der Waals surface area (Å²) >= 11 is 0. The predicted octanol–water partition coefficient (Wildman–Crippen LogP) is 1.04. The third kappa shape index (κ3) is 3.80. The highest BCUT2D eigenvalue weighted by Gasteiger charge is 2.28. The van der Waals surface area contributed by atoms with Gasteiger partial charge in [0.1, 0.15) is 4.90 Å². The van der Waals surface area contributed by atoms with Crippen LogP contribution in [0.2, 0.25) is 0 Å². The SMILES string of the molecule is Cl.Cl.NC1CCN(S(=O)(=O)c2cccnc2)CC1. The number of nitrogens with two attached hydrogens (primary N) is 1. The number of aromatic nitrogens is 1. The highest BCUT2D eigenvalue weighted by atomic mass is 35.5. The number of hydrogen-bond donors (Lipinski definition) is 1. The maximum Gasteiger partial charge on any atom is 0.244 e. The van der Waals surface area contributed by atoms with E-state index in [2.05, 4.69) is 4.98 Å². The molecule has 0 saturated carbocycles. The minimum Gasteiger partial charge on any atom is -0.328 e. The van der Waals surface area contributed by atoms with Gasteiger partial charge in [0.15, 0.2) is 0 Å². The van der Waals surface area contributed by atoms with Crippen LogP contribution in [0.3, 0.4) is 0 Å². The van der Waals surface area contributed by atoms with Gasteiger partial charge in [0.2, 0.25) is 10.0 Å². The Kier molecular flexibility index (Phi) is 7.09. The highest BCUT2D eigenvalue weighted by molar-refractivity contribution is 7.89. The lowest BCUT2D eigenvalue weighted by molar-refractivity contribution is 0.320. The van der Waals surface area contributed by atoms with Crippen LogP contribution in [-0.2, 0) is 10.0 Å². The zero-order chi connectivity index (χ0) is 11.6. The Labute approximate surface area is 120 Å². The molecular formula is C10H17Cl2N3O2S. The lowest BCUT2D eigenvalue weighted by Gasteiger charge is -2.29. The van der Waals surface area contributed by atoms with Crippen LogP contribution in [0.25, 0.3) is 0 Å². The van der Waals surface area contributed by atoms with Crippen LogP contribution in [0.15, 0.2) is 29.4 Å². The van der Waals surface area contributed by atoms with Crippen LogP contribution in [-0.4, -0.2) is 36.8 Å². The van der Waals surface area contributed by atoms with E-state index in [4.69, 9.17) is 5.73 Å². The smallest absolute Gasteiger partial charge is 0.244 e. The van der Waals surface area contributed by atoms with Gasteiger partial charge in [-0.2, -0.15) is 4.31 Å². The standard InChI is InChI=1S/C10H15N3O2S.2ClH/c11-9-3-6-13(7-4-9)16(14,15)10-2-1-5-12-8-10;;/h1-2,5,8-9H,3-4,6-7,11H2;2*1H. The first kappa shape index (κ1) is 17.6. The van der Waals surface area contributed by atoms with Gasteiger partial charge < -0.3 is 5.73 Å². The van der Waals surface area contributed by atoms with Crippen LogP contribution < -0.4 is 5.73 Å². The van der Waals surface area contributed by atoms with E-state index in [1.807, 2.05) is 0 Å². The van der Waals surface area contributed by atoms with E-state index in [1.54, 1.807) is 18.3 Å². The van der Waals surface area contributed by atoms with Gasteiger partial charge in [-0.15, -0.1) is 24.8 Å². The fraction of sp³-hybridized carbons (Fsp3) is 0.500. The minimum atomic E-state index is -3.37. The second-order valence-electron chi connectivity index (χ2n) is 3.93. The summed E-state index contributed by atoms with van der Waals surface area (Å²) in [5.41, 5.74) is 5.75. The third-order valence-corrected chi connectivity index (χ3v) is 4.65. The molecule has 0 amide bonds. The number of halogens is 2. The Morgan fingerprint density at radius 1 is 1.28 bits per heavy atom. The lowest BCUT2D eigenvalue weighted by atomic mass is 10.1. The fourth-order valence-electron chi connectivity index (χ4n) is 1.76. The van der Waals surface area contributed by atoms with Crippen molar-refractivity contribution in [3.63, 3.8) is 0 Å². The molecule has 0 aromatic carbocycles. The second kappa shape index (κ2) is 7.25. The van der Waals surface area contributed by atoms with Gasteiger partial charge in [-0.1, -0.05) is 0 Å². The van der Waals surface area contributed by atoms with Crippen molar-refractivity contribution >= 4 is 34.8 Å². The van der Waals surface area contributed by atoms with E-state index in [0.29, 0.717) is 13.1 Å². The van der Waals surface area contributed by atoms with E-state index < -0.39 is 10.0 Å². The molecule has 0 unspecified atom stereocenters. The molecule has 1 aliphatic rings. The van der Waals surface area contributed by atoms with Crippen LogP contribution in [0.4, 0.5) is 0 Å². The Morgan fingerprint density at radius 2 is 1.89 bits per heavy atom. The van der Waals surface area contributed by atoms with Gasteiger partial charge in [0.05, 0.1) is 0 Å². The number of nitrogens with zero attached hydrogens (tertiary/aromatic N) is 2. The summed E-state index contributed by atoms with van der Waals surface area (Å²) in [6.45, 7) is 0.997. The molecule has 2 rings (SSSR count). The Bertz CT molecular complexity index is 447. The lowest BCUT2D eigenvalue weighted by Crippen LogP contribution is -2.42. The molecule has 104 valence electrons. The third-order valence-electron chi connectivity index (χ3n) is 2.77. The van der Waals surface area contributed by atoms with E-state index in [1.165, 1.54) is 10.5 Å². The van der Waals surface area contributed by atoms with E-state index in [9.17, 15) is 8.42 Å². The van der Waals surface area contributed by atoms with Gasteiger partial charge in [-0.25, -0.2) is 8.42 Å². The molecule has 0 bridgehead atoms. The Morgan fingerprint density at radius 3 is 2.39 bits per heavy atom. The van der Waals surface area contributed by atoms with Gasteiger partial charge >= 0.3 is 0 Å². The normalized spacial score (nSPS) is 17.6. The molecule has 2 heterocycles. The Hall–Kier alpha value is -0.400. The summed E-state index contributed by atoms with van der Waals surface area (Å²) in [6.07, 6.45) is 4.38. The molecule has 8 heteroatoms. The summed E-state index contributed by atoms with van der Waals surface area (Å²) in [7, 11) is -3.37. The average molecular weight is 314 g/mol. The van der Waals surface area contributed by atoms with Crippen molar-refractivity contribution < 1.29 is 8.42 Å². The molecule has 2 N–H and O–H groups in total. The van der Waals surface area contributed by atoms with E-state index in [0.717, 1.165) is 12.8 Å². The van der Waals surface area contributed by atoms with Crippen LogP contribution in [0, 0.1) is 0 Å². The van der Waals surface area contributed by atoms with Crippen molar-refractivity contribution in [2.24, 2.45) is 5.73 Å². The summed E-state index contributed by atoms with van der Waals surface area (Å²) in [6, 6.07) is 3.32. The van der Waals surface area contributed by atoms with Crippen molar-refractivity contribution in [3.05, 3.63) is 24.5 Å². The molecule has 0 atom stereocenters. The second-order valence-corrected chi connectivity index (χ2v) is 5.87. The molecular weight excluding hydrogens is 297 g/mol. The maximum absolute atomic E-state index is 12.1. The minimum absolute atomic E-state index is 0. The van der Waals surface area contributed by atoms with E-state index in [-0.39, 0.29) is 35.8 Å². The van der Waals surface area contributed by atoms with Crippen molar-refractivity contribution in [2.75, 3.05) is 13.1 Å². The summed E-state index contributed by atoms with van der Waals surface area (Å²) < 4.78 is 25.8. The first-order valence-corrected chi connectivity index (χ1v) is 6.70. The Balaban J connectivity index is 0.00000144. The van der Waals surface area contributed by atoms with Crippen molar-refractivity contribution in [1.82, 2.24) is 9.29 Å². The maximum atomic E-state index is 12.1. The van der Waals surface area contributed by atoms with Gasteiger partial charge in [-0.3, -0.25) is 4.98 Å². The first-order valence-electron chi connectivity index (χ1n) is 5.26. The monoisotopic (exact) mass is 313 g/mol. The molecule has 0 radical (unpaired) electrons. The molecule has 1 saturated heterocycles. The van der Waals surface area contributed by atoms with E-state index >= 15 is 0 Å². The molecule has 1 aromatic rings. The number of piperidine rings is 1. The molecule has 0 aliphatic carbocycles. The molecule has 0 spiro atoms. The van der Waals surface area contributed by atoms with Crippen molar-refractivity contribution in [2.45, 2.75) is 23.8 Å². The first-order chi connectivity index (χ1) is 7.60. The molecule has 1 aromatic heterocycles. The van der Waals surface area contributed by atoms with Crippen molar-refractivity contribution in [3.8, 4) is 0 Å². The average Bonchev–Trinajstić information content (AvgIpc) is 2.31. The van der Waals surface area contributed by atoms with Crippen molar-refractivity contribution in [1.29, 1.82) is 0 Å². The number of hydrogen-bond acceptors (Lipinski definition) is 4. The summed E-state index contributed by atoms with van der Waals surface area (Å²) in [5.74, 6) is 0.